The summed E-state index contributed by atoms with van der Waals surface area (Å²) >= 11 is 0. The maximum Gasteiger partial charge on any atom is 0.373 e. The van der Waals surface area contributed by atoms with Crippen LogP contribution in [0.15, 0.2) is 16.5 Å². The van der Waals surface area contributed by atoms with Crippen molar-refractivity contribution in [2.24, 2.45) is 0 Å². The molecule has 0 saturated heterocycles. The zero-order valence-electron chi connectivity index (χ0n) is 10.5. The maximum absolute atomic E-state index is 11.1. The smallest absolute Gasteiger partial charge is 0.373 e. The van der Waals surface area contributed by atoms with E-state index in [1.807, 2.05) is 0 Å². The summed E-state index contributed by atoms with van der Waals surface area (Å²) < 4.78 is 14.9. The molecule has 6 heteroatoms. The highest BCUT2D eigenvalue weighted by atomic mass is 16.5. The minimum atomic E-state index is -0.473. The zero-order valence-corrected chi connectivity index (χ0v) is 10.5. The average Bonchev–Trinajstić information content (AvgIpc) is 2.85. The van der Waals surface area contributed by atoms with Crippen LogP contribution >= 0.6 is 0 Å². The van der Waals surface area contributed by atoms with Crippen molar-refractivity contribution in [3.8, 4) is 0 Å². The first kappa shape index (κ1) is 14.7. The Balaban J connectivity index is 2.12. The second kappa shape index (κ2) is 8.68. The predicted octanol–water partition coefficient (Wildman–Crippen LogP) is 0.555. The Morgan fingerprint density at radius 2 is 2.28 bits per heavy atom. The van der Waals surface area contributed by atoms with Crippen LogP contribution in [0.4, 0.5) is 0 Å². The summed E-state index contributed by atoms with van der Waals surface area (Å²) in [5.74, 6) is 0.422. The Labute approximate surface area is 106 Å². The summed E-state index contributed by atoms with van der Waals surface area (Å²) in [5.41, 5.74) is 0. The molecule has 0 fully saturated rings. The van der Waals surface area contributed by atoms with Gasteiger partial charge in [-0.3, -0.25) is 0 Å². The monoisotopic (exact) mass is 257 g/mol. The molecule has 0 spiro atoms. The molecular formula is C12H19NO5. The van der Waals surface area contributed by atoms with Crippen LogP contribution in [0.1, 0.15) is 22.7 Å². The minimum Gasteiger partial charge on any atom is -0.463 e. The molecule has 2 N–H and O–H groups in total. The molecule has 0 amide bonds. The minimum absolute atomic E-state index is 0.0517. The first-order valence-electron chi connectivity index (χ1n) is 5.84. The average molecular weight is 257 g/mol. The van der Waals surface area contributed by atoms with Gasteiger partial charge in [0.2, 0.25) is 5.76 Å². The van der Waals surface area contributed by atoms with E-state index >= 15 is 0 Å². The largest absolute Gasteiger partial charge is 0.463 e. The number of carbonyl (C=O) groups is 1. The van der Waals surface area contributed by atoms with Gasteiger partial charge < -0.3 is 24.3 Å². The summed E-state index contributed by atoms with van der Waals surface area (Å²) in [4.78, 5) is 11.1. The highest BCUT2D eigenvalue weighted by Gasteiger charge is 2.10. The molecule has 0 saturated carbocycles. The first-order chi connectivity index (χ1) is 8.77. The maximum atomic E-state index is 11.1. The summed E-state index contributed by atoms with van der Waals surface area (Å²) in [6, 6.07) is 3.33. The van der Waals surface area contributed by atoms with Crippen LogP contribution in [0, 0.1) is 0 Å². The fourth-order valence-corrected chi connectivity index (χ4v) is 1.36. The molecule has 102 valence electrons. The number of rotatable bonds is 9. The molecular weight excluding hydrogens is 238 g/mol. The Bertz CT molecular complexity index is 350. The van der Waals surface area contributed by atoms with E-state index in [1.165, 1.54) is 7.11 Å². The summed E-state index contributed by atoms with van der Waals surface area (Å²) in [5, 5.41) is 11.7. The number of carbonyl (C=O) groups excluding carboxylic acids is 1. The standard InChI is InChI=1S/C12H19NO5/c1-16-12(15)11-4-3-10(18-11)9-13-5-2-7-17-8-6-14/h3-4,13-14H,2,5-9H2,1H3. The Morgan fingerprint density at radius 1 is 1.44 bits per heavy atom. The molecule has 1 rings (SSSR count). The quantitative estimate of drug-likeness (QED) is 0.497. The number of methoxy groups -OCH3 is 1. The molecule has 1 aromatic heterocycles. The van der Waals surface area contributed by atoms with E-state index in [4.69, 9.17) is 14.3 Å². The Morgan fingerprint density at radius 3 is 3.00 bits per heavy atom. The van der Waals surface area contributed by atoms with Gasteiger partial charge >= 0.3 is 5.97 Å². The van der Waals surface area contributed by atoms with E-state index in [-0.39, 0.29) is 12.4 Å². The van der Waals surface area contributed by atoms with Crippen LogP contribution in [0.25, 0.3) is 0 Å². The van der Waals surface area contributed by atoms with Crippen molar-refractivity contribution in [3.63, 3.8) is 0 Å². The number of hydrogen-bond acceptors (Lipinski definition) is 6. The normalized spacial score (nSPS) is 10.6. The number of hydrogen-bond donors (Lipinski definition) is 2. The molecule has 0 aromatic carbocycles. The van der Waals surface area contributed by atoms with Crippen LogP contribution in [-0.4, -0.2) is 44.6 Å². The number of esters is 1. The van der Waals surface area contributed by atoms with E-state index in [0.29, 0.717) is 25.5 Å². The van der Waals surface area contributed by atoms with Crippen molar-refractivity contribution in [3.05, 3.63) is 23.7 Å². The van der Waals surface area contributed by atoms with Gasteiger partial charge in [0.05, 0.1) is 26.9 Å². The van der Waals surface area contributed by atoms with Crippen molar-refractivity contribution in [2.75, 3.05) is 33.5 Å². The van der Waals surface area contributed by atoms with E-state index < -0.39 is 5.97 Å². The van der Waals surface area contributed by atoms with Gasteiger partial charge in [0, 0.05) is 6.61 Å². The zero-order chi connectivity index (χ0) is 13.2. The van der Waals surface area contributed by atoms with E-state index in [2.05, 4.69) is 10.1 Å². The second-order valence-corrected chi connectivity index (χ2v) is 3.62. The molecule has 0 aliphatic rings. The van der Waals surface area contributed by atoms with Crippen LogP contribution in [-0.2, 0) is 16.0 Å². The summed E-state index contributed by atoms with van der Waals surface area (Å²) in [7, 11) is 1.31. The Kier molecular flexibility index (Phi) is 7.09. The highest BCUT2D eigenvalue weighted by Crippen LogP contribution is 2.08. The molecule has 0 aliphatic heterocycles. The lowest BCUT2D eigenvalue weighted by molar-refractivity contribution is 0.0563. The summed E-state index contributed by atoms with van der Waals surface area (Å²) in [6.07, 6.45) is 0.852. The SMILES string of the molecule is COC(=O)c1ccc(CNCCCOCCO)o1. The molecule has 0 atom stereocenters. The molecule has 1 heterocycles. The predicted molar refractivity (Wildman–Crippen MR) is 64.3 cm³/mol. The van der Waals surface area contributed by atoms with Crippen LogP contribution < -0.4 is 5.32 Å². The van der Waals surface area contributed by atoms with Gasteiger partial charge in [0.15, 0.2) is 0 Å². The summed E-state index contributed by atoms with van der Waals surface area (Å²) in [6.45, 7) is 2.37. The van der Waals surface area contributed by atoms with Crippen molar-refractivity contribution < 1.29 is 23.8 Å². The number of nitrogens with one attached hydrogen (secondary N) is 1. The third-order valence-electron chi connectivity index (χ3n) is 2.23. The third-order valence-corrected chi connectivity index (χ3v) is 2.23. The van der Waals surface area contributed by atoms with Gasteiger partial charge in [-0.25, -0.2) is 4.79 Å². The lowest BCUT2D eigenvalue weighted by Gasteiger charge is -2.03. The van der Waals surface area contributed by atoms with Crippen molar-refractivity contribution >= 4 is 5.97 Å². The van der Waals surface area contributed by atoms with Crippen LogP contribution in [0.5, 0.6) is 0 Å². The van der Waals surface area contributed by atoms with E-state index in [1.54, 1.807) is 12.1 Å². The van der Waals surface area contributed by atoms with Crippen LogP contribution in [0.2, 0.25) is 0 Å². The van der Waals surface area contributed by atoms with Gasteiger partial charge in [0.1, 0.15) is 5.76 Å². The fraction of sp³-hybridized carbons (Fsp3) is 0.583. The van der Waals surface area contributed by atoms with E-state index in [0.717, 1.165) is 13.0 Å². The van der Waals surface area contributed by atoms with Crippen molar-refractivity contribution in [2.45, 2.75) is 13.0 Å². The number of aliphatic hydroxyl groups is 1. The Hall–Kier alpha value is -1.37. The van der Waals surface area contributed by atoms with Gasteiger partial charge in [-0.15, -0.1) is 0 Å². The third kappa shape index (κ3) is 5.31. The molecule has 6 nitrogen and oxygen atoms in total. The van der Waals surface area contributed by atoms with Crippen molar-refractivity contribution in [1.82, 2.24) is 5.32 Å². The molecule has 0 bridgehead atoms. The lowest BCUT2D eigenvalue weighted by Crippen LogP contribution is -2.16. The van der Waals surface area contributed by atoms with E-state index in [9.17, 15) is 4.79 Å². The van der Waals surface area contributed by atoms with Crippen molar-refractivity contribution in [1.29, 1.82) is 0 Å². The second-order valence-electron chi connectivity index (χ2n) is 3.62. The van der Waals surface area contributed by atoms with Gasteiger partial charge in [-0.05, 0) is 25.1 Å². The highest BCUT2D eigenvalue weighted by molar-refractivity contribution is 5.86. The lowest BCUT2D eigenvalue weighted by atomic mass is 10.4. The molecule has 1 aromatic rings. The topological polar surface area (TPSA) is 80.9 Å². The molecule has 0 radical (unpaired) electrons. The fourth-order valence-electron chi connectivity index (χ4n) is 1.36. The van der Waals surface area contributed by atoms with Gasteiger partial charge in [-0.1, -0.05) is 0 Å². The number of aliphatic hydroxyl groups excluding tert-OH is 1. The first-order valence-corrected chi connectivity index (χ1v) is 5.84. The van der Waals surface area contributed by atoms with Gasteiger partial charge in [-0.2, -0.15) is 0 Å². The number of furan rings is 1. The molecule has 0 aliphatic carbocycles. The van der Waals surface area contributed by atoms with Gasteiger partial charge in [0.25, 0.3) is 0 Å². The van der Waals surface area contributed by atoms with Crippen LogP contribution in [0.3, 0.4) is 0 Å². The molecule has 0 unspecified atom stereocenters. The number of ether oxygens (including phenoxy) is 2. The molecule has 18 heavy (non-hydrogen) atoms.